The van der Waals surface area contributed by atoms with Crippen LogP contribution in [-0.4, -0.2) is 38.6 Å². The third-order valence-corrected chi connectivity index (χ3v) is 7.65. The Morgan fingerprint density at radius 2 is 2.16 bits per heavy atom. The van der Waals surface area contributed by atoms with Crippen molar-refractivity contribution in [3.8, 4) is 6.07 Å². The van der Waals surface area contributed by atoms with Crippen LogP contribution in [0.25, 0.3) is 6.08 Å². The molecule has 190 valence electrons. The molecule has 0 saturated carbocycles. The number of hydrogen-bond donors (Lipinski definition) is 2. The Kier molecular flexibility index (Phi) is 8.00. The van der Waals surface area contributed by atoms with Crippen LogP contribution in [0.1, 0.15) is 52.0 Å². The SMILES string of the molecule is CCOC(=O)c1c(NC(=O)/C(C#N)=C\c2ccc(Sc3n[nH]c(C)n3)c([N+](=O)[O-])c2)sc2c1CCCC2. The first kappa shape index (κ1) is 26.1. The molecule has 2 heterocycles. The fourth-order valence-corrected chi connectivity index (χ4v) is 6.00. The molecule has 0 aliphatic heterocycles. The largest absolute Gasteiger partial charge is 0.462 e. The number of nitriles is 1. The number of anilines is 1. The smallest absolute Gasteiger partial charge is 0.341 e. The van der Waals surface area contributed by atoms with Crippen molar-refractivity contribution >= 4 is 51.7 Å². The molecule has 0 bridgehead atoms. The van der Waals surface area contributed by atoms with Gasteiger partial charge in [-0.25, -0.2) is 9.78 Å². The summed E-state index contributed by atoms with van der Waals surface area (Å²) in [7, 11) is 0. The first-order chi connectivity index (χ1) is 17.8. The number of nitrogens with zero attached hydrogens (tertiary/aromatic N) is 4. The zero-order valence-corrected chi connectivity index (χ0v) is 21.6. The maximum atomic E-state index is 13.0. The average Bonchev–Trinajstić information content (AvgIpc) is 3.45. The van der Waals surface area contributed by atoms with Gasteiger partial charge in [0.25, 0.3) is 11.6 Å². The first-order valence-corrected chi connectivity index (χ1v) is 13.0. The number of fused-ring (bicyclic) bond motifs is 1. The average molecular weight is 539 g/mol. The van der Waals surface area contributed by atoms with E-state index in [0.29, 0.717) is 32.0 Å². The van der Waals surface area contributed by atoms with Crippen LogP contribution in [0.3, 0.4) is 0 Å². The van der Waals surface area contributed by atoms with Crippen molar-refractivity contribution in [1.29, 1.82) is 5.26 Å². The standard InChI is InChI=1S/C24H22N6O5S2/c1-3-35-23(32)20-16-6-4-5-7-18(16)36-22(20)27-21(31)15(12-25)10-14-8-9-19(17(11-14)30(33)34)37-24-26-13(2)28-29-24/h8-11H,3-7H2,1-2H3,(H,27,31)(H,26,28,29)/b15-10-. The summed E-state index contributed by atoms with van der Waals surface area (Å²) >= 11 is 2.34. The Morgan fingerprint density at radius 3 is 2.84 bits per heavy atom. The van der Waals surface area contributed by atoms with E-state index in [2.05, 4.69) is 20.5 Å². The van der Waals surface area contributed by atoms with Crippen LogP contribution >= 0.6 is 23.1 Å². The number of nitro benzene ring substituents is 1. The molecule has 11 nitrogen and oxygen atoms in total. The van der Waals surface area contributed by atoms with Gasteiger partial charge in [-0.2, -0.15) is 5.26 Å². The van der Waals surface area contributed by atoms with E-state index in [1.165, 1.54) is 29.5 Å². The summed E-state index contributed by atoms with van der Waals surface area (Å²) in [5, 5.41) is 31.4. The first-order valence-electron chi connectivity index (χ1n) is 11.4. The monoisotopic (exact) mass is 538 g/mol. The maximum Gasteiger partial charge on any atom is 0.341 e. The van der Waals surface area contributed by atoms with Gasteiger partial charge < -0.3 is 10.1 Å². The number of hydrogen-bond acceptors (Lipinski definition) is 10. The number of rotatable bonds is 8. The van der Waals surface area contributed by atoms with E-state index in [0.717, 1.165) is 47.9 Å². The third kappa shape index (κ3) is 5.87. The highest BCUT2D eigenvalue weighted by Crippen LogP contribution is 2.39. The minimum atomic E-state index is -0.719. The summed E-state index contributed by atoms with van der Waals surface area (Å²) in [5.41, 5.74) is 1.05. The lowest BCUT2D eigenvalue weighted by molar-refractivity contribution is -0.387. The van der Waals surface area contributed by atoms with Gasteiger partial charge in [0.2, 0.25) is 5.16 Å². The number of aromatic amines is 1. The number of nitrogens with one attached hydrogen (secondary N) is 2. The van der Waals surface area contributed by atoms with Crippen LogP contribution in [0.2, 0.25) is 0 Å². The van der Waals surface area contributed by atoms with Crippen LogP contribution in [0.4, 0.5) is 10.7 Å². The summed E-state index contributed by atoms with van der Waals surface area (Å²) < 4.78 is 5.21. The van der Waals surface area contributed by atoms with Crippen molar-refractivity contribution in [2.45, 2.75) is 49.6 Å². The Morgan fingerprint density at radius 1 is 1.38 bits per heavy atom. The van der Waals surface area contributed by atoms with Crippen LogP contribution in [-0.2, 0) is 22.4 Å². The molecule has 37 heavy (non-hydrogen) atoms. The fourth-order valence-electron chi connectivity index (χ4n) is 3.88. The van der Waals surface area contributed by atoms with Gasteiger partial charge in [-0.3, -0.25) is 20.0 Å². The molecule has 1 aliphatic rings. The molecular weight excluding hydrogens is 516 g/mol. The van der Waals surface area contributed by atoms with E-state index >= 15 is 0 Å². The Hall–Kier alpha value is -4.02. The second kappa shape index (κ2) is 11.4. The molecule has 13 heteroatoms. The molecule has 0 spiro atoms. The number of esters is 1. The van der Waals surface area contributed by atoms with E-state index < -0.39 is 16.8 Å². The van der Waals surface area contributed by atoms with Crippen molar-refractivity contribution in [2.24, 2.45) is 0 Å². The van der Waals surface area contributed by atoms with Crippen LogP contribution in [0.5, 0.6) is 0 Å². The van der Waals surface area contributed by atoms with E-state index in [4.69, 9.17) is 4.74 Å². The van der Waals surface area contributed by atoms with Gasteiger partial charge in [-0.05, 0) is 74.6 Å². The number of amides is 1. The molecule has 0 radical (unpaired) electrons. The van der Waals surface area contributed by atoms with Crippen molar-refractivity contribution in [3.05, 3.63) is 61.3 Å². The highest BCUT2D eigenvalue weighted by molar-refractivity contribution is 7.99. The van der Waals surface area contributed by atoms with E-state index in [1.54, 1.807) is 19.9 Å². The van der Waals surface area contributed by atoms with Crippen LogP contribution in [0, 0.1) is 28.4 Å². The van der Waals surface area contributed by atoms with Crippen molar-refractivity contribution < 1.29 is 19.2 Å². The number of carbonyl (C=O) groups excluding carboxylic acids is 2. The number of aromatic nitrogens is 3. The topological polar surface area (TPSA) is 164 Å². The Balaban J connectivity index is 1.61. The minimum absolute atomic E-state index is 0.197. The molecule has 2 N–H and O–H groups in total. The molecule has 0 fully saturated rings. The van der Waals surface area contributed by atoms with Crippen molar-refractivity contribution in [3.63, 3.8) is 0 Å². The number of nitro groups is 1. The molecule has 2 aromatic heterocycles. The van der Waals surface area contributed by atoms with Crippen LogP contribution < -0.4 is 5.32 Å². The Bertz CT molecular complexity index is 1450. The molecule has 1 amide bonds. The number of ether oxygens (including phenoxy) is 1. The van der Waals surface area contributed by atoms with Gasteiger partial charge in [0.1, 0.15) is 22.5 Å². The highest BCUT2D eigenvalue weighted by atomic mass is 32.2. The second-order valence-electron chi connectivity index (χ2n) is 8.05. The molecule has 0 unspecified atom stereocenters. The molecular formula is C24H22N6O5S2. The van der Waals surface area contributed by atoms with Crippen LogP contribution in [0.15, 0.2) is 33.8 Å². The number of aryl methyl sites for hydroxylation is 2. The minimum Gasteiger partial charge on any atom is -0.462 e. The number of H-pyrrole nitrogens is 1. The van der Waals surface area contributed by atoms with E-state index in [-0.39, 0.29) is 17.9 Å². The fraction of sp³-hybridized carbons (Fsp3) is 0.292. The second-order valence-corrected chi connectivity index (χ2v) is 10.2. The maximum absolute atomic E-state index is 13.0. The van der Waals surface area contributed by atoms with E-state index in [9.17, 15) is 25.0 Å². The normalized spacial score (nSPS) is 12.9. The van der Waals surface area contributed by atoms with Gasteiger partial charge in [-0.15, -0.1) is 16.4 Å². The summed E-state index contributed by atoms with van der Waals surface area (Å²) in [5.74, 6) is -0.652. The van der Waals surface area contributed by atoms with Gasteiger partial charge in [0.15, 0.2) is 0 Å². The lowest BCUT2D eigenvalue weighted by atomic mass is 9.95. The summed E-state index contributed by atoms with van der Waals surface area (Å²) in [6.07, 6.45) is 4.74. The summed E-state index contributed by atoms with van der Waals surface area (Å²) in [4.78, 5) is 42.3. The zero-order chi connectivity index (χ0) is 26.5. The zero-order valence-electron chi connectivity index (χ0n) is 20.0. The van der Waals surface area contributed by atoms with Crippen molar-refractivity contribution in [1.82, 2.24) is 15.2 Å². The lowest BCUT2D eigenvalue weighted by Crippen LogP contribution is -2.16. The highest BCUT2D eigenvalue weighted by Gasteiger charge is 2.28. The summed E-state index contributed by atoms with van der Waals surface area (Å²) in [6.45, 7) is 3.62. The lowest BCUT2D eigenvalue weighted by Gasteiger charge is -2.12. The van der Waals surface area contributed by atoms with Gasteiger partial charge in [0, 0.05) is 10.9 Å². The molecule has 0 atom stereocenters. The summed E-state index contributed by atoms with van der Waals surface area (Å²) in [6, 6.07) is 6.20. The molecule has 1 aliphatic carbocycles. The quantitative estimate of drug-likeness (QED) is 0.134. The number of carbonyl (C=O) groups is 2. The van der Waals surface area contributed by atoms with Crippen molar-refractivity contribution in [2.75, 3.05) is 11.9 Å². The number of benzene rings is 1. The molecule has 0 saturated heterocycles. The van der Waals surface area contributed by atoms with E-state index in [1.807, 2.05) is 6.07 Å². The molecule has 1 aromatic carbocycles. The predicted molar refractivity (Wildman–Crippen MR) is 137 cm³/mol. The third-order valence-electron chi connectivity index (χ3n) is 5.51. The van der Waals surface area contributed by atoms with Gasteiger partial charge >= 0.3 is 5.97 Å². The molecule has 3 aromatic rings. The number of thiophene rings is 1. The predicted octanol–water partition coefficient (Wildman–Crippen LogP) is 4.84. The Labute approximate surface area is 220 Å². The van der Waals surface area contributed by atoms with Gasteiger partial charge in [-0.1, -0.05) is 6.07 Å². The molecule has 4 rings (SSSR count). The van der Waals surface area contributed by atoms with Gasteiger partial charge in [0.05, 0.1) is 22.0 Å².